The van der Waals surface area contributed by atoms with Crippen LogP contribution in [0.4, 0.5) is 0 Å². The van der Waals surface area contributed by atoms with E-state index in [1.807, 2.05) is 13.0 Å². The molecule has 0 spiro atoms. The van der Waals surface area contributed by atoms with Crippen molar-refractivity contribution in [2.45, 2.75) is 45.9 Å². The Morgan fingerprint density at radius 3 is 2.27 bits per heavy atom. The van der Waals surface area contributed by atoms with Gasteiger partial charge >= 0.3 is 0 Å². The number of halogens is 2. The molecule has 3 aliphatic rings. The van der Waals surface area contributed by atoms with Gasteiger partial charge in [0.05, 0.1) is 6.61 Å². The minimum Gasteiger partial charge on any atom is -0.490 e. The molecule has 166 valence electrons. The first kappa shape index (κ1) is 24.8. The van der Waals surface area contributed by atoms with Crippen LogP contribution in [-0.2, 0) is 13.2 Å². The molecule has 2 aromatic rings. The number of fused-ring (bicyclic) bond motifs is 3. The van der Waals surface area contributed by atoms with Crippen molar-refractivity contribution in [2.75, 3.05) is 26.2 Å². The van der Waals surface area contributed by atoms with Gasteiger partial charge in [0.25, 0.3) is 0 Å². The summed E-state index contributed by atoms with van der Waals surface area (Å²) in [6.45, 7) is 9.94. The number of rotatable bonds is 8. The molecule has 0 amide bonds. The number of hydrogen-bond acceptors (Lipinski definition) is 4. The van der Waals surface area contributed by atoms with Crippen LogP contribution in [0.3, 0.4) is 0 Å². The van der Waals surface area contributed by atoms with Gasteiger partial charge < -0.3 is 19.7 Å². The van der Waals surface area contributed by atoms with Gasteiger partial charge in [0, 0.05) is 19.1 Å². The molecule has 1 atom stereocenters. The zero-order valence-corrected chi connectivity index (χ0v) is 19.6. The van der Waals surface area contributed by atoms with Crippen LogP contribution >= 0.6 is 24.8 Å². The van der Waals surface area contributed by atoms with Crippen molar-refractivity contribution in [3.63, 3.8) is 0 Å². The highest BCUT2D eigenvalue weighted by Gasteiger charge is 2.33. The smallest absolute Gasteiger partial charge is 0.161 e. The van der Waals surface area contributed by atoms with Gasteiger partial charge in [-0.3, -0.25) is 0 Å². The van der Waals surface area contributed by atoms with Crippen LogP contribution in [0, 0.1) is 12.8 Å². The predicted octanol–water partition coefficient (Wildman–Crippen LogP) is 5.00. The number of aryl methyl sites for hydroxylation is 1. The third-order valence-corrected chi connectivity index (χ3v) is 6.05. The summed E-state index contributed by atoms with van der Waals surface area (Å²) in [5.74, 6) is 2.49. The van der Waals surface area contributed by atoms with Crippen molar-refractivity contribution in [2.24, 2.45) is 5.92 Å². The molecule has 6 heteroatoms. The van der Waals surface area contributed by atoms with Gasteiger partial charge in [0.2, 0.25) is 0 Å². The van der Waals surface area contributed by atoms with Crippen molar-refractivity contribution >= 4 is 24.8 Å². The lowest BCUT2D eigenvalue weighted by atomic mass is 9.84. The summed E-state index contributed by atoms with van der Waals surface area (Å²) in [4.78, 5) is 2.59. The maximum Gasteiger partial charge on any atom is 0.161 e. The summed E-state index contributed by atoms with van der Waals surface area (Å²) in [5.41, 5.74) is 3.68. The molecule has 5 rings (SSSR count). The highest BCUT2D eigenvalue weighted by molar-refractivity contribution is 5.85. The minimum absolute atomic E-state index is 0. The number of ether oxygens (including phenoxy) is 2. The molecule has 3 saturated heterocycles. The minimum atomic E-state index is 0. The molecule has 2 aromatic carbocycles. The Morgan fingerprint density at radius 2 is 1.63 bits per heavy atom. The fourth-order valence-electron chi connectivity index (χ4n) is 4.34. The third-order valence-electron chi connectivity index (χ3n) is 6.05. The molecule has 4 nitrogen and oxygen atoms in total. The molecule has 3 fully saturated rings. The van der Waals surface area contributed by atoms with Crippen molar-refractivity contribution in [1.82, 2.24) is 10.2 Å². The van der Waals surface area contributed by atoms with Gasteiger partial charge in [-0.15, -0.1) is 24.8 Å². The largest absolute Gasteiger partial charge is 0.490 e. The maximum absolute atomic E-state index is 6.05. The van der Waals surface area contributed by atoms with E-state index >= 15 is 0 Å². The summed E-state index contributed by atoms with van der Waals surface area (Å²) < 4.78 is 11.9. The molecule has 30 heavy (non-hydrogen) atoms. The molecular weight excluding hydrogens is 419 g/mol. The maximum atomic E-state index is 6.05. The second-order valence-electron chi connectivity index (χ2n) is 8.11. The topological polar surface area (TPSA) is 33.7 Å². The normalized spacial score (nSPS) is 22.0. The lowest BCUT2D eigenvalue weighted by Gasteiger charge is -2.45. The number of hydrogen-bond donors (Lipinski definition) is 1. The Hall–Kier alpha value is -1.46. The highest BCUT2D eigenvalue weighted by atomic mass is 35.5. The molecule has 0 aromatic heterocycles. The van der Waals surface area contributed by atoms with E-state index in [9.17, 15) is 0 Å². The molecule has 0 saturated carbocycles. The Balaban J connectivity index is 0.00000160. The summed E-state index contributed by atoms with van der Waals surface area (Å²) >= 11 is 0. The summed E-state index contributed by atoms with van der Waals surface area (Å²) in [6, 6.07) is 15.4. The van der Waals surface area contributed by atoms with Crippen molar-refractivity contribution in [3.8, 4) is 11.5 Å². The van der Waals surface area contributed by atoms with E-state index in [1.165, 1.54) is 49.2 Å². The Kier molecular flexibility index (Phi) is 9.76. The summed E-state index contributed by atoms with van der Waals surface area (Å²) in [6.07, 6.45) is 2.68. The first-order valence-electron chi connectivity index (χ1n) is 10.6. The lowest BCUT2D eigenvalue weighted by molar-refractivity contribution is 0.0720. The molecule has 3 heterocycles. The fourth-order valence-corrected chi connectivity index (χ4v) is 4.34. The van der Waals surface area contributed by atoms with Crippen molar-refractivity contribution < 1.29 is 9.47 Å². The SMILES string of the molecule is CCOc1cc(CNC2CN3CCC2CC3)ccc1OCc1ccc(C)cc1.Cl.Cl. The van der Waals surface area contributed by atoms with E-state index < -0.39 is 0 Å². The van der Waals surface area contributed by atoms with Gasteiger partial charge in [0.1, 0.15) is 6.61 Å². The summed E-state index contributed by atoms with van der Waals surface area (Å²) in [5, 5.41) is 3.78. The van der Waals surface area contributed by atoms with Gasteiger partial charge in [-0.05, 0) is 69.0 Å². The monoisotopic (exact) mass is 452 g/mol. The second-order valence-corrected chi connectivity index (χ2v) is 8.11. The number of nitrogens with one attached hydrogen (secondary N) is 1. The van der Waals surface area contributed by atoms with Crippen LogP contribution < -0.4 is 14.8 Å². The average molecular weight is 453 g/mol. The Morgan fingerprint density at radius 1 is 0.933 bits per heavy atom. The van der Waals surface area contributed by atoms with Gasteiger partial charge in [-0.25, -0.2) is 0 Å². The molecule has 1 unspecified atom stereocenters. The van der Waals surface area contributed by atoms with Gasteiger partial charge in [0.15, 0.2) is 11.5 Å². The zero-order chi connectivity index (χ0) is 19.3. The van der Waals surface area contributed by atoms with Gasteiger partial charge in [-0.1, -0.05) is 35.9 Å². The van der Waals surface area contributed by atoms with Crippen LogP contribution in [0.5, 0.6) is 11.5 Å². The molecule has 1 N–H and O–H groups in total. The zero-order valence-electron chi connectivity index (χ0n) is 17.9. The highest BCUT2D eigenvalue weighted by Crippen LogP contribution is 2.31. The van der Waals surface area contributed by atoms with E-state index in [1.54, 1.807) is 0 Å². The lowest BCUT2D eigenvalue weighted by Crippen LogP contribution is -2.55. The molecule has 2 bridgehead atoms. The third kappa shape index (κ3) is 6.27. The second kappa shape index (κ2) is 11.8. The average Bonchev–Trinajstić information content (AvgIpc) is 2.74. The van der Waals surface area contributed by atoms with E-state index in [-0.39, 0.29) is 24.8 Å². The summed E-state index contributed by atoms with van der Waals surface area (Å²) in [7, 11) is 0. The molecule has 0 radical (unpaired) electrons. The predicted molar refractivity (Wildman–Crippen MR) is 127 cm³/mol. The molecule has 0 aliphatic carbocycles. The fraction of sp³-hybridized carbons (Fsp3) is 0.500. The number of benzene rings is 2. The Labute approximate surface area is 193 Å². The van der Waals surface area contributed by atoms with E-state index in [2.05, 4.69) is 53.5 Å². The van der Waals surface area contributed by atoms with Crippen molar-refractivity contribution in [1.29, 1.82) is 0 Å². The Bertz CT molecular complexity index is 777. The van der Waals surface area contributed by atoms with Crippen LogP contribution in [-0.4, -0.2) is 37.2 Å². The first-order valence-corrected chi connectivity index (χ1v) is 10.6. The molecular formula is C24H34Cl2N2O2. The van der Waals surface area contributed by atoms with Gasteiger partial charge in [-0.2, -0.15) is 0 Å². The van der Waals surface area contributed by atoms with Crippen LogP contribution in [0.15, 0.2) is 42.5 Å². The number of piperidine rings is 3. The van der Waals surface area contributed by atoms with Crippen LogP contribution in [0.25, 0.3) is 0 Å². The van der Waals surface area contributed by atoms with Crippen molar-refractivity contribution in [3.05, 3.63) is 59.2 Å². The van der Waals surface area contributed by atoms with Crippen LogP contribution in [0.2, 0.25) is 0 Å². The number of nitrogens with zero attached hydrogens (tertiary/aromatic N) is 1. The van der Waals surface area contributed by atoms with E-state index in [0.717, 1.165) is 24.0 Å². The van der Waals surface area contributed by atoms with E-state index in [4.69, 9.17) is 9.47 Å². The van der Waals surface area contributed by atoms with Crippen LogP contribution in [0.1, 0.15) is 36.5 Å². The quantitative estimate of drug-likeness (QED) is 0.610. The first-order chi connectivity index (χ1) is 13.7. The van der Waals surface area contributed by atoms with E-state index in [0.29, 0.717) is 19.3 Å². The molecule has 3 aliphatic heterocycles. The standard InChI is InChI=1S/C24H32N2O2.2ClH/c1-3-27-24-14-20(15-25-22-16-26-12-10-21(22)11-13-26)8-9-23(24)28-17-19-6-4-18(2)5-7-19;;/h4-9,14,21-22,25H,3,10-13,15-17H2,1-2H3;2*1H.